The number of benzene rings is 1. The van der Waals surface area contributed by atoms with Crippen LogP contribution >= 0.6 is 0 Å². The minimum absolute atomic E-state index is 0.326. The third-order valence-electron chi connectivity index (χ3n) is 3.83. The predicted octanol–water partition coefficient (Wildman–Crippen LogP) is 4.59. The molecule has 0 spiro atoms. The SMILES string of the molecule is CCCC/C(=C/c1cc(N)cc(/C=C(/CCCC)C(=O)O)c1)C(=O)O. The summed E-state index contributed by atoms with van der Waals surface area (Å²) in [5.41, 5.74) is 8.37. The molecule has 0 aliphatic heterocycles. The second-order valence-corrected chi connectivity index (χ2v) is 6.09. The highest BCUT2D eigenvalue weighted by Crippen LogP contribution is 2.21. The van der Waals surface area contributed by atoms with Crippen LogP contribution in [0.3, 0.4) is 0 Å². The van der Waals surface area contributed by atoms with Crippen LogP contribution in [-0.2, 0) is 9.59 Å². The predicted molar refractivity (Wildman–Crippen MR) is 101 cm³/mol. The van der Waals surface area contributed by atoms with Crippen molar-refractivity contribution in [1.82, 2.24) is 0 Å². The quantitative estimate of drug-likeness (QED) is 0.425. The number of nitrogens with two attached hydrogens (primary N) is 1. The number of hydrogen-bond acceptors (Lipinski definition) is 3. The van der Waals surface area contributed by atoms with E-state index in [0.717, 1.165) is 25.7 Å². The molecule has 0 saturated carbocycles. The van der Waals surface area contributed by atoms with Crippen molar-refractivity contribution in [3.63, 3.8) is 0 Å². The fourth-order valence-electron chi connectivity index (χ4n) is 2.49. The lowest BCUT2D eigenvalue weighted by Crippen LogP contribution is -2.01. The van der Waals surface area contributed by atoms with Gasteiger partial charge in [-0.2, -0.15) is 0 Å². The minimum atomic E-state index is -0.942. The lowest BCUT2D eigenvalue weighted by atomic mass is 10.0. The van der Waals surface area contributed by atoms with Gasteiger partial charge in [0, 0.05) is 16.8 Å². The van der Waals surface area contributed by atoms with Crippen LogP contribution in [0.5, 0.6) is 0 Å². The Morgan fingerprint density at radius 3 is 1.60 bits per heavy atom. The summed E-state index contributed by atoms with van der Waals surface area (Å²) >= 11 is 0. The summed E-state index contributed by atoms with van der Waals surface area (Å²) in [5, 5.41) is 18.7. The second-order valence-electron chi connectivity index (χ2n) is 6.09. The molecule has 0 fully saturated rings. The molecule has 4 N–H and O–H groups in total. The van der Waals surface area contributed by atoms with Crippen molar-refractivity contribution in [2.24, 2.45) is 0 Å². The van der Waals surface area contributed by atoms with Crippen LogP contribution in [-0.4, -0.2) is 22.2 Å². The zero-order valence-electron chi connectivity index (χ0n) is 14.9. The Kier molecular flexibility index (Phi) is 8.47. The number of carbonyl (C=O) groups is 2. The number of hydrogen-bond donors (Lipinski definition) is 3. The molecule has 1 rings (SSSR count). The van der Waals surface area contributed by atoms with E-state index >= 15 is 0 Å². The van der Waals surface area contributed by atoms with Crippen LogP contribution in [0.2, 0.25) is 0 Å². The molecule has 0 aromatic heterocycles. The van der Waals surface area contributed by atoms with E-state index in [9.17, 15) is 19.8 Å². The molecule has 0 aliphatic carbocycles. The summed E-state index contributed by atoms with van der Waals surface area (Å²) in [4.78, 5) is 22.8. The molecule has 0 amide bonds. The summed E-state index contributed by atoms with van der Waals surface area (Å²) < 4.78 is 0. The first kappa shape index (κ1) is 20.5. The van der Waals surface area contributed by atoms with Crippen LogP contribution in [0.25, 0.3) is 12.2 Å². The maximum Gasteiger partial charge on any atom is 0.331 e. The number of carboxylic acids is 2. The van der Waals surface area contributed by atoms with E-state index in [1.54, 1.807) is 30.4 Å². The van der Waals surface area contributed by atoms with Gasteiger partial charge in [0.2, 0.25) is 0 Å². The molecule has 0 radical (unpaired) electrons. The van der Waals surface area contributed by atoms with Gasteiger partial charge in [0.25, 0.3) is 0 Å². The van der Waals surface area contributed by atoms with E-state index in [1.807, 2.05) is 13.8 Å². The van der Waals surface area contributed by atoms with Crippen LogP contribution in [0, 0.1) is 0 Å². The summed E-state index contributed by atoms with van der Waals surface area (Å²) in [7, 11) is 0. The highest BCUT2D eigenvalue weighted by Gasteiger charge is 2.09. The highest BCUT2D eigenvalue weighted by atomic mass is 16.4. The third kappa shape index (κ3) is 7.25. The van der Waals surface area contributed by atoms with Gasteiger partial charge in [-0.1, -0.05) is 26.7 Å². The Balaban J connectivity index is 3.20. The molecule has 0 atom stereocenters. The summed E-state index contributed by atoms with van der Waals surface area (Å²) in [6.45, 7) is 4.01. The van der Waals surface area contributed by atoms with Gasteiger partial charge in [-0.3, -0.25) is 0 Å². The van der Waals surface area contributed by atoms with Crippen molar-refractivity contribution < 1.29 is 19.8 Å². The van der Waals surface area contributed by atoms with E-state index in [-0.39, 0.29) is 0 Å². The average molecular weight is 345 g/mol. The van der Waals surface area contributed by atoms with Gasteiger partial charge in [-0.15, -0.1) is 0 Å². The van der Waals surface area contributed by atoms with Crippen molar-refractivity contribution in [1.29, 1.82) is 0 Å². The standard InChI is InChI=1S/C20H27NO4/c1-3-5-7-16(19(22)23)10-14-9-15(13-18(21)12-14)11-17(20(24)25)8-6-4-2/h9-13H,3-8,21H2,1-2H3,(H,22,23)(H,24,25)/b16-10-,17-11-. The third-order valence-corrected chi connectivity index (χ3v) is 3.83. The maximum absolute atomic E-state index is 11.4. The van der Waals surface area contributed by atoms with E-state index in [0.29, 0.717) is 40.8 Å². The zero-order chi connectivity index (χ0) is 18.8. The van der Waals surface area contributed by atoms with Gasteiger partial charge in [0.1, 0.15) is 0 Å². The molecule has 0 saturated heterocycles. The maximum atomic E-state index is 11.4. The molecule has 5 heteroatoms. The number of nitrogen functional groups attached to an aromatic ring is 1. The van der Waals surface area contributed by atoms with Crippen molar-refractivity contribution in [2.75, 3.05) is 5.73 Å². The van der Waals surface area contributed by atoms with Crippen molar-refractivity contribution >= 4 is 29.8 Å². The Hall–Kier alpha value is -2.56. The first-order chi connectivity index (χ1) is 11.9. The Morgan fingerprint density at radius 2 is 1.28 bits per heavy atom. The number of carboxylic acid groups (broad SMARTS) is 2. The monoisotopic (exact) mass is 345 g/mol. The van der Waals surface area contributed by atoms with Crippen LogP contribution in [0.1, 0.15) is 63.5 Å². The Morgan fingerprint density at radius 1 is 0.880 bits per heavy atom. The zero-order valence-corrected chi connectivity index (χ0v) is 14.9. The average Bonchev–Trinajstić information content (AvgIpc) is 2.54. The van der Waals surface area contributed by atoms with Crippen LogP contribution < -0.4 is 5.73 Å². The molecular formula is C20H27NO4. The van der Waals surface area contributed by atoms with Gasteiger partial charge >= 0.3 is 11.9 Å². The molecule has 0 aliphatic rings. The fraction of sp³-hybridized carbons (Fsp3) is 0.400. The summed E-state index contributed by atoms with van der Waals surface area (Å²) in [6, 6.07) is 5.15. The van der Waals surface area contributed by atoms with E-state index in [1.165, 1.54) is 0 Å². The topological polar surface area (TPSA) is 101 Å². The molecule has 1 aromatic rings. The smallest absolute Gasteiger partial charge is 0.331 e. The molecule has 5 nitrogen and oxygen atoms in total. The van der Waals surface area contributed by atoms with Crippen LogP contribution in [0.15, 0.2) is 29.3 Å². The minimum Gasteiger partial charge on any atom is -0.478 e. The van der Waals surface area contributed by atoms with Gasteiger partial charge in [0.05, 0.1) is 0 Å². The second kappa shape index (κ2) is 10.3. The first-order valence-electron chi connectivity index (χ1n) is 8.65. The largest absolute Gasteiger partial charge is 0.478 e. The van der Waals surface area contributed by atoms with E-state index < -0.39 is 11.9 Å². The molecular weight excluding hydrogens is 318 g/mol. The van der Waals surface area contributed by atoms with E-state index in [4.69, 9.17) is 5.73 Å². The number of rotatable bonds is 10. The van der Waals surface area contributed by atoms with Gasteiger partial charge in [-0.25, -0.2) is 9.59 Å². The Labute approximate surface area is 148 Å². The lowest BCUT2D eigenvalue weighted by molar-refractivity contribution is -0.133. The fourth-order valence-corrected chi connectivity index (χ4v) is 2.49. The first-order valence-corrected chi connectivity index (χ1v) is 8.65. The normalized spacial score (nSPS) is 12.2. The summed E-state index contributed by atoms with van der Waals surface area (Å²) in [6.07, 6.45) is 7.62. The summed E-state index contributed by atoms with van der Waals surface area (Å²) in [5.74, 6) is -1.88. The molecule has 25 heavy (non-hydrogen) atoms. The van der Waals surface area contributed by atoms with Gasteiger partial charge in [0.15, 0.2) is 0 Å². The van der Waals surface area contributed by atoms with Crippen molar-refractivity contribution in [3.8, 4) is 0 Å². The molecule has 0 bridgehead atoms. The number of anilines is 1. The Bertz CT molecular complexity index is 620. The number of aliphatic carboxylic acids is 2. The molecule has 0 unspecified atom stereocenters. The molecule has 1 aromatic carbocycles. The van der Waals surface area contributed by atoms with Gasteiger partial charge < -0.3 is 15.9 Å². The van der Waals surface area contributed by atoms with E-state index in [2.05, 4.69) is 0 Å². The van der Waals surface area contributed by atoms with Gasteiger partial charge in [-0.05, 0) is 67.2 Å². The van der Waals surface area contributed by atoms with Crippen LogP contribution in [0.4, 0.5) is 5.69 Å². The lowest BCUT2D eigenvalue weighted by Gasteiger charge is -2.06. The molecule has 0 heterocycles. The number of unbranched alkanes of at least 4 members (excludes halogenated alkanes) is 2. The highest BCUT2D eigenvalue weighted by molar-refractivity contribution is 5.93. The van der Waals surface area contributed by atoms with Crippen molar-refractivity contribution in [3.05, 3.63) is 40.5 Å². The molecule has 136 valence electrons. The van der Waals surface area contributed by atoms with Crippen molar-refractivity contribution in [2.45, 2.75) is 52.4 Å².